The van der Waals surface area contributed by atoms with Crippen LogP contribution < -0.4 is 14.8 Å². The number of ether oxygens (including phenoxy) is 2. The van der Waals surface area contributed by atoms with Crippen molar-refractivity contribution >= 4 is 33.0 Å². The Morgan fingerprint density at radius 3 is 2.81 bits per heavy atom. The van der Waals surface area contributed by atoms with E-state index in [0.29, 0.717) is 47.1 Å². The van der Waals surface area contributed by atoms with Crippen LogP contribution in [-0.2, 0) is 10.0 Å². The van der Waals surface area contributed by atoms with Gasteiger partial charge in [-0.1, -0.05) is 29.5 Å². The number of hydrogen-bond acceptors (Lipinski definition) is 8. The monoisotopic (exact) mass is 472 g/mol. The first kappa shape index (κ1) is 20.9. The fourth-order valence-electron chi connectivity index (χ4n) is 3.87. The maximum Gasteiger partial charge on any atom is 0.286 e. The van der Waals surface area contributed by atoms with Gasteiger partial charge in [-0.25, -0.2) is 8.42 Å². The van der Waals surface area contributed by atoms with E-state index < -0.39 is 22.0 Å². The number of carbonyl (C=O) groups is 1. The minimum atomic E-state index is -3.69. The number of sulfonamides is 1. The Morgan fingerprint density at radius 2 is 1.97 bits per heavy atom. The summed E-state index contributed by atoms with van der Waals surface area (Å²) in [4.78, 5) is 13.0. The lowest BCUT2D eigenvalue weighted by molar-refractivity contribution is 0.102. The lowest BCUT2D eigenvalue weighted by Crippen LogP contribution is -2.31. The molecule has 3 aromatic rings. The van der Waals surface area contributed by atoms with E-state index in [-0.39, 0.29) is 16.7 Å². The van der Waals surface area contributed by atoms with E-state index in [1.165, 1.54) is 4.31 Å². The molecule has 32 heavy (non-hydrogen) atoms. The van der Waals surface area contributed by atoms with E-state index in [4.69, 9.17) is 9.47 Å². The summed E-state index contributed by atoms with van der Waals surface area (Å²) in [6, 6.07) is 11.6. The highest BCUT2D eigenvalue weighted by Gasteiger charge is 2.39. The molecule has 3 heterocycles. The fourth-order valence-corrected chi connectivity index (χ4v) is 6.71. The third-order valence-electron chi connectivity index (χ3n) is 5.43. The predicted octanol–water partition coefficient (Wildman–Crippen LogP) is 3.35. The normalized spacial score (nSPS) is 18.1. The number of carbonyl (C=O) groups excluding carboxylic acids is 1. The van der Waals surface area contributed by atoms with Gasteiger partial charge in [0.25, 0.3) is 5.91 Å². The zero-order valence-electron chi connectivity index (χ0n) is 17.1. The van der Waals surface area contributed by atoms with Crippen LogP contribution in [0.4, 0.5) is 5.69 Å². The number of nitrogens with one attached hydrogen (secondary N) is 1. The molecular formula is C21H20N4O5S2. The van der Waals surface area contributed by atoms with Gasteiger partial charge in [0, 0.05) is 18.3 Å². The van der Waals surface area contributed by atoms with E-state index in [2.05, 4.69) is 15.5 Å². The maximum absolute atomic E-state index is 13.3. The lowest BCUT2D eigenvalue weighted by atomic mass is 10.2. The summed E-state index contributed by atoms with van der Waals surface area (Å²) in [7, 11) is -3.69. The summed E-state index contributed by atoms with van der Waals surface area (Å²) in [6.07, 6.45) is 1.34. The van der Waals surface area contributed by atoms with E-state index in [1.54, 1.807) is 43.3 Å². The summed E-state index contributed by atoms with van der Waals surface area (Å²) >= 11 is 1.11. The molecule has 0 radical (unpaired) electrons. The van der Waals surface area contributed by atoms with Crippen LogP contribution in [0, 0.1) is 6.92 Å². The molecular weight excluding hydrogens is 452 g/mol. The molecule has 166 valence electrons. The van der Waals surface area contributed by atoms with Gasteiger partial charge in [0.05, 0.1) is 10.9 Å². The summed E-state index contributed by atoms with van der Waals surface area (Å²) in [5, 5.41) is 11.6. The Balaban J connectivity index is 1.35. The largest absolute Gasteiger partial charge is 0.454 e. The zero-order valence-corrected chi connectivity index (χ0v) is 18.8. The highest BCUT2D eigenvalue weighted by molar-refractivity contribution is 7.89. The van der Waals surface area contributed by atoms with Gasteiger partial charge >= 0.3 is 0 Å². The molecule has 2 aromatic carbocycles. The number of nitrogens with zero attached hydrogens (tertiary/aromatic N) is 3. The second-order valence-corrected chi connectivity index (χ2v) is 10.4. The molecule has 1 atom stereocenters. The van der Waals surface area contributed by atoms with Crippen molar-refractivity contribution in [2.24, 2.45) is 0 Å². The van der Waals surface area contributed by atoms with Crippen LogP contribution in [-0.4, -0.2) is 42.2 Å². The number of aryl methyl sites for hydroxylation is 1. The summed E-state index contributed by atoms with van der Waals surface area (Å²) < 4.78 is 38.7. The quantitative estimate of drug-likeness (QED) is 0.606. The maximum atomic E-state index is 13.3. The van der Waals surface area contributed by atoms with Gasteiger partial charge < -0.3 is 14.8 Å². The molecule has 1 aromatic heterocycles. The minimum Gasteiger partial charge on any atom is -0.454 e. The average Bonchev–Trinajstić information content (AvgIpc) is 3.53. The van der Waals surface area contributed by atoms with Gasteiger partial charge in [-0.3, -0.25) is 4.79 Å². The van der Waals surface area contributed by atoms with Crippen LogP contribution in [0.15, 0.2) is 47.4 Å². The zero-order chi connectivity index (χ0) is 22.3. The fraction of sp³-hybridized carbons (Fsp3) is 0.286. The van der Waals surface area contributed by atoms with Crippen LogP contribution >= 0.6 is 11.3 Å². The van der Waals surface area contributed by atoms with Crippen molar-refractivity contribution in [1.82, 2.24) is 14.5 Å². The number of fused-ring (bicyclic) bond motifs is 1. The van der Waals surface area contributed by atoms with Crippen LogP contribution in [0.2, 0.25) is 0 Å². The molecule has 0 spiro atoms. The molecule has 0 bridgehead atoms. The van der Waals surface area contributed by atoms with Crippen molar-refractivity contribution in [3.05, 3.63) is 58.0 Å². The topological polar surface area (TPSA) is 111 Å². The number of benzene rings is 2. The van der Waals surface area contributed by atoms with E-state index in [0.717, 1.165) is 11.3 Å². The predicted molar refractivity (Wildman–Crippen MR) is 117 cm³/mol. The Labute approximate surface area is 189 Å². The number of hydrogen-bond donors (Lipinski definition) is 1. The van der Waals surface area contributed by atoms with Crippen LogP contribution in [0.5, 0.6) is 11.5 Å². The Kier molecular flexibility index (Phi) is 5.31. The Bertz CT molecular complexity index is 1290. The molecule has 0 aliphatic carbocycles. The van der Waals surface area contributed by atoms with Gasteiger partial charge in [0.1, 0.15) is 5.01 Å². The summed E-state index contributed by atoms with van der Waals surface area (Å²) in [5.41, 5.74) is 1.24. The molecule has 2 aliphatic heterocycles. The SMILES string of the molecule is Cc1ccccc1S(=O)(=O)N1CCC[C@@H]1c1nnc(C(=O)Nc2ccc3c(c2)OCO3)s1. The lowest BCUT2D eigenvalue weighted by Gasteiger charge is -2.23. The molecule has 11 heteroatoms. The third-order valence-corrected chi connectivity index (χ3v) is 8.53. The smallest absolute Gasteiger partial charge is 0.286 e. The van der Waals surface area contributed by atoms with E-state index >= 15 is 0 Å². The van der Waals surface area contributed by atoms with Crippen molar-refractivity contribution < 1.29 is 22.7 Å². The van der Waals surface area contributed by atoms with Gasteiger partial charge in [-0.15, -0.1) is 10.2 Å². The van der Waals surface area contributed by atoms with Gasteiger partial charge in [-0.2, -0.15) is 4.31 Å². The van der Waals surface area contributed by atoms with Crippen LogP contribution in [0.25, 0.3) is 0 Å². The molecule has 0 unspecified atom stereocenters. The molecule has 1 amide bonds. The number of rotatable bonds is 5. The first-order chi connectivity index (χ1) is 15.4. The number of aromatic nitrogens is 2. The molecule has 1 saturated heterocycles. The third kappa shape index (κ3) is 3.72. The number of anilines is 1. The molecule has 1 fully saturated rings. The second kappa shape index (κ2) is 8.15. The van der Waals surface area contributed by atoms with E-state index in [9.17, 15) is 13.2 Å². The highest BCUT2D eigenvalue weighted by atomic mass is 32.2. The first-order valence-corrected chi connectivity index (χ1v) is 12.3. The van der Waals surface area contributed by atoms with E-state index in [1.807, 2.05) is 6.07 Å². The van der Waals surface area contributed by atoms with Gasteiger partial charge in [0.2, 0.25) is 21.8 Å². The molecule has 9 nitrogen and oxygen atoms in total. The minimum absolute atomic E-state index is 0.149. The molecule has 0 saturated carbocycles. The second-order valence-electron chi connectivity index (χ2n) is 7.51. The number of amides is 1. The van der Waals surface area contributed by atoms with Gasteiger partial charge in [0.15, 0.2) is 11.5 Å². The Morgan fingerprint density at radius 1 is 1.16 bits per heavy atom. The Hall–Kier alpha value is -3.02. The van der Waals surface area contributed by atoms with Crippen molar-refractivity contribution in [3.8, 4) is 11.5 Å². The first-order valence-electron chi connectivity index (χ1n) is 10.1. The summed E-state index contributed by atoms with van der Waals surface area (Å²) in [5.74, 6) is 0.764. The van der Waals surface area contributed by atoms with Crippen molar-refractivity contribution in [1.29, 1.82) is 0 Å². The van der Waals surface area contributed by atoms with Crippen LogP contribution in [0.1, 0.15) is 39.3 Å². The average molecular weight is 473 g/mol. The molecule has 2 aliphatic rings. The van der Waals surface area contributed by atoms with Crippen molar-refractivity contribution in [2.45, 2.75) is 30.7 Å². The van der Waals surface area contributed by atoms with Crippen molar-refractivity contribution in [3.63, 3.8) is 0 Å². The highest BCUT2D eigenvalue weighted by Crippen LogP contribution is 2.38. The molecule has 5 rings (SSSR count). The van der Waals surface area contributed by atoms with Crippen LogP contribution in [0.3, 0.4) is 0 Å². The van der Waals surface area contributed by atoms with Gasteiger partial charge in [-0.05, 0) is 43.5 Å². The van der Waals surface area contributed by atoms with Crippen molar-refractivity contribution in [2.75, 3.05) is 18.7 Å². The summed E-state index contributed by atoms with van der Waals surface area (Å²) in [6.45, 7) is 2.33. The standard InChI is InChI=1S/C21H20N4O5S2/c1-13-5-2-3-7-18(13)32(27,28)25-10-4-6-15(25)20-23-24-21(31-20)19(26)22-14-8-9-16-17(11-14)30-12-29-16/h2-3,5,7-9,11,15H,4,6,10,12H2,1H3,(H,22,26)/t15-/m1/s1. The molecule has 1 N–H and O–H groups in total.